The highest BCUT2D eigenvalue weighted by Gasteiger charge is 2.31. The van der Waals surface area contributed by atoms with Crippen LogP contribution < -0.4 is 5.32 Å². The van der Waals surface area contributed by atoms with Gasteiger partial charge in [0.05, 0.1) is 4.90 Å². The molecule has 27 heavy (non-hydrogen) atoms. The van der Waals surface area contributed by atoms with E-state index in [0.29, 0.717) is 30.5 Å². The van der Waals surface area contributed by atoms with Crippen molar-refractivity contribution in [2.75, 3.05) is 18.4 Å². The Morgan fingerprint density at radius 2 is 1.70 bits per heavy atom. The second kappa shape index (κ2) is 7.82. The van der Waals surface area contributed by atoms with Gasteiger partial charge in [0.25, 0.3) is 5.91 Å². The van der Waals surface area contributed by atoms with Crippen LogP contribution in [0.3, 0.4) is 0 Å². The number of carbonyl (C=O) groups is 1. The topological polar surface area (TPSA) is 66.5 Å². The van der Waals surface area contributed by atoms with E-state index in [1.165, 1.54) is 6.07 Å². The molecule has 1 heterocycles. The van der Waals surface area contributed by atoms with Gasteiger partial charge in [-0.25, -0.2) is 8.42 Å². The largest absolute Gasteiger partial charge is 0.322 e. The molecule has 0 radical (unpaired) electrons. The van der Waals surface area contributed by atoms with Crippen molar-refractivity contribution < 1.29 is 13.2 Å². The average Bonchev–Trinajstić information content (AvgIpc) is 2.63. The summed E-state index contributed by atoms with van der Waals surface area (Å²) in [5.41, 5.74) is 2.00. The van der Waals surface area contributed by atoms with Gasteiger partial charge in [0, 0.05) is 24.3 Å². The van der Waals surface area contributed by atoms with Crippen molar-refractivity contribution in [3.05, 3.63) is 59.7 Å². The van der Waals surface area contributed by atoms with Crippen LogP contribution in [0.2, 0.25) is 0 Å². The summed E-state index contributed by atoms with van der Waals surface area (Å²) >= 11 is 0. The number of nitrogens with one attached hydrogen (secondary N) is 1. The van der Waals surface area contributed by atoms with Gasteiger partial charge < -0.3 is 5.32 Å². The Labute approximate surface area is 161 Å². The van der Waals surface area contributed by atoms with Gasteiger partial charge >= 0.3 is 0 Å². The van der Waals surface area contributed by atoms with Gasteiger partial charge in [0.2, 0.25) is 10.0 Å². The summed E-state index contributed by atoms with van der Waals surface area (Å²) in [6, 6.07) is 13.8. The predicted molar refractivity (Wildman–Crippen MR) is 107 cm³/mol. The second-order valence-corrected chi connectivity index (χ2v) is 9.50. The molecule has 2 aromatic rings. The van der Waals surface area contributed by atoms with Crippen LogP contribution in [0.5, 0.6) is 0 Å². The van der Waals surface area contributed by atoms with Crippen molar-refractivity contribution in [3.8, 4) is 0 Å². The molecule has 2 unspecified atom stereocenters. The first-order chi connectivity index (χ1) is 12.8. The maximum atomic E-state index is 13.1. The number of nitrogens with zero attached hydrogens (tertiary/aromatic N) is 1. The fourth-order valence-electron chi connectivity index (χ4n) is 3.66. The molecule has 5 nitrogen and oxygen atoms in total. The summed E-state index contributed by atoms with van der Waals surface area (Å²) in [5, 5.41) is 2.85. The van der Waals surface area contributed by atoms with Crippen molar-refractivity contribution in [2.24, 2.45) is 11.8 Å². The molecule has 1 saturated heterocycles. The fourth-order valence-corrected chi connectivity index (χ4v) is 5.38. The van der Waals surface area contributed by atoms with Gasteiger partial charge in [0.15, 0.2) is 0 Å². The Hall–Kier alpha value is -2.18. The lowest BCUT2D eigenvalue weighted by atomic mass is 9.94. The Balaban J connectivity index is 1.84. The number of aryl methyl sites for hydroxylation is 1. The molecule has 1 amide bonds. The molecular weight excluding hydrogens is 360 g/mol. The molecule has 1 aliphatic heterocycles. The SMILES string of the molecule is Cc1ccccc1NC(=O)c1cccc(S(=O)(=O)N2CC(C)CC(C)C2)c1. The van der Waals surface area contributed by atoms with Gasteiger partial charge in [-0.15, -0.1) is 0 Å². The Morgan fingerprint density at radius 3 is 2.37 bits per heavy atom. The van der Waals surface area contributed by atoms with Crippen LogP contribution in [0.25, 0.3) is 0 Å². The van der Waals surface area contributed by atoms with E-state index in [1.54, 1.807) is 22.5 Å². The Kier molecular flexibility index (Phi) is 5.67. The number of benzene rings is 2. The quantitative estimate of drug-likeness (QED) is 0.866. The molecule has 6 heteroatoms. The summed E-state index contributed by atoms with van der Waals surface area (Å²) < 4.78 is 27.7. The summed E-state index contributed by atoms with van der Waals surface area (Å²) in [6.07, 6.45) is 1.03. The van der Waals surface area contributed by atoms with Crippen LogP contribution in [0.15, 0.2) is 53.4 Å². The number of hydrogen-bond acceptors (Lipinski definition) is 3. The van der Waals surface area contributed by atoms with Crippen molar-refractivity contribution >= 4 is 21.6 Å². The number of anilines is 1. The monoisotopic (exact) mass is 386 g/mol. The molecule has 0 aliphatic carbocycles. The first-order valence-electron chi connectivity index (χ1n) is 9.24. The highest BCUT2D eigenvalue weighted by molar-refractivity contribution is 7.89. The van der Waals surface area contributed by atoms with Crippen LogP contribution in [-0.2, 0) is 10.0 Å². The highest BCUT2D eigenvalue weighted by Crippen LogP contribution is 2.27. The number of carbonyl (C=O) groups excluding carboxylic acids is 1. The van der Waals surface area contributed by atoms with Crippen molar-refractivity contribution in [2.45, 2.75) is 32.1 Å². The third kappa shape index (κ3) is 4.39. The van der Waals surface area contributed by atoms with Crippen molar-refractivity contribution in [1.29, 1.82) is 0 Å². The molecule has 2 atom stereocenters. The molecule has 3 rings (SSSR count). The smallest absolute Gasteiger partial charge is 0.255 e. The number of hydrogen-bond donors (Lipinski definition) is 1. The lowest BCUT2D eigenvalue weighted by molar-refractivity contribution is 0.102. The highest BCUT2D eigenvalue weighted by atomic mass is 32.2. The maximum absolute atomic E-state index is 13.1. The number of para-hydroxylation sites is 1. The molecule has 1 aliphatic rings. The lowest BCUT2D eigenvalue weighted by Crippen LogP contribution is -2.42. The molecule has 2 aromatic carbocycles. The predicted octanol–water partition coefficient (Wildman–Crippen LogP) is 3.91. The van der Waals surface area contributed by atoms with E-state index in [-0.39, 0.29) is 10.8 Å². The summed E-state index contributed by atoms with van der Waals surface area (Å²) in [7, 11) is -3.61. The van der Waals surface area contributed by atoms with Gasteiger partial charge in [0.1, 0.15) is 0 Å². The van der Waals surface area contributed by atoms with Crippen molar-refractivity contribution in [3.63, 3.8) is 0 Å². The fraction of sp³-hybridized carbons (Fsp3) is 0.381. The molecule has 0 bridgehead atoms. The summed E-state index contributed by atoms with van der Waals surface area (Å²) in [4.78, 5) is 12.8. The van der Waals surface area contributed by atoms with E-state index in [4.69, 9.17) is 0 Å². The first-order valence-corrected chi connectivity index (χ1v) is 10.7. The summed E-state index contributed by atoms with van der Waals surface area (Å²) in [5.74, 6) is 0.342. The number of rotatable bonds is 4. The zero-order valence-electron chi connectivity index (χ0n) is 16.0. The van der Waals surface area contributed by atoms with E-state index in [9.17, 15) is 13.2 Å². The molecule has 1 N–H and O–H groups in total. The number of piperidine rings is 1. The van der Waals surface area contributed by atoms with Crippen LogP contribution in [0.4, 0.5) is 5.69 Å². The van der Waals surface area contributed by atoms with Crippen molar-refractivity contribution in [1.82, 2.24) is 4.31 Å². The van der Waals surface area contributed by atoms with Crippen LogP contribution in [0, 0.1) is 18.8 Å². The minimum atomic E-state index is -3.61. The van der Waals surface area contributed by atoms with E-state index < -0.39 is 10.0 Å². The Morgan fingerprint density at radius 1 is 1.04 bits per heavy atom. The van der Waals surface area contributed by atoms with E-state index in [2.05, 4.69) is 19.2 Å². The third-order valence-corrected chi connectivity index (χ3v) is 6.79. The normalized spacial score (nSPS) is 21.0. The van der Waals surface area contributed by atoms with Gasteiger partial charge in [-0.2, -0.15) is 4.31 Å². The zero-order valence-corrected chi connectivity index (χ0v) is 16.8. The van der Waals surface area contributed by atoms with Crippen LogP contribution in [0.1, 0.15) is 36.2 Å². The second-order valence-electron chi connectivity index (χ2n) is 7.56. The average molecular weight is 387 g/mol. The van der Waals surface area contributed by atoms with Gasteiger partial charge in [-0.05, 0) is 55.0 Å². The number of sulfonamides is 1. The van der Waals surface area contributed by atoms with Gasteiger partial charge in [-0.3, -0.25) is 4.79 Å². The van der Waals surface area contributed by atoms with E-state index >= 15 is 0 Å². The maximum Gasteiger partial charge on any atom is 0.255 e. The lowest BCUT2D eigenvalue weighted by Gasteiger charge is -2.34. The first kappa shape index (κ1) is 19.6. The molecule has 0 spiro atoms. The van der Waals surface area contributed by atoms with E-state index in [0.717, 1.165) is 17.7 Å². The molecule has 0 saturated carbocycles. The standard InChI is InChI=1S/C21H26N2O3S/c1-15-11-16(2)14-23(13-15)27(25,26)19-9-6-8-18(12-19)21(24)22-20-10-5-4-7-17(20)3/h4-10,12,15-16H,11,13-14H2,1-3H3,(H,22,24). The minimum Gasteiger partial charge on any atom is -0.322 e. The minimum absolute atomic E-state index is 0.168. The molecule has 0 aromatic heterocycles. The van der Waals surface area contributed by atoms with Crippen LogP contribution in [-0.4, -0.2) is 31.7 Å². The van der Waals surface area contributed by atoms with Gasteiger partial charge in [-0.1, -0.05) is 38.1 Å². The molecule has 1 fully saturated rings. The third-order valence-electron chi connectivity index (χ3n) is 4.96. The van der Waals surface area contributed by atoms with Crippen LogP contribution >= 0.6 is 0 Å². The van der Waals surface area contributed by atoms with E-state index in [1.807, 2.05) is 31.2 Å². The Bertz CT molecular complexity index is 930. The molecule has 144 valence electrons. The molecular formula is C21H26N2O3S. The zero-order chi connectivity index (χ0) is 19.6. The number of amides is 1. The summed E-state index contributed by atoms with van der Waals surface area (Å²) in [6.45, 7) is 7.10.